The average Bonchev–Trinajstić information content (AvgIpc) is 2.85. The average molecular weight is 335 g/mol. The van der Waals surface area contributed by atoms with Crippen molar-refractivity contribution < 1.29 is 19.1 Å². The number of carbonyl (C=O) groups excluding carboxylic acids is 1. The Morgan fingerprint density at radius 2 is 1.71 bits per heavy atom. The summed E-state index contributed by atoms with van der Waals surface area (Å²) in [5, 5.41) is 13.7. The van der Waals surface area contributed by atoms with Gasteiger partial charge in [0.15, 0.2) is 5.82 Å². The maximum absolute atomic E-state index is 13.3. The highest BCUT2D eigenvalue weighted by Crippen LogP contribution is 2.30. The van der Waals surface area contributed by atoms with E-state index in [1.54, 1.807) is 0 Å². The second kappa shape index (κ2) is 6.07. The molecule has 1 saturated carbocycles. The van der Waals surface area contributed by atoms with Crippen molar-refractivity contribution in [2.24, 2.45) is 0 Å². The number of carbonyl (C=O) groups is 2. The van der Waals surface area contributed by atoms with Gasteiger partial charge in [-0.25, -0.2) is 14.0 Å². The molecule has 0 heterocycles. The number of carboxylic acid groups (broad SMARTS) is 1. The standard InChI is InChI=1S/C13H13Cl2FN2O3/c14-8-5-7(6-9(15)10(8)16)17-12(21)18-13(11(19)20)3-1-2-4-13/h5-6H,1-4H2,(H,19,20)(H2,17,18,21). The van der Waals surface area contributed by atoms with Crippen molar-refractivity contribution in [3.63, 3.8) is 0 Å². The van der Waals surface area contributed by atoms with E-state index in [0.29, 0.717) is 12.8 Å². The molecule has 0 aliphatic heterocycles. The van der Waals surface area contributed by atoms with Gasteiger partial charge in [0.2, 0.25) is 0 Å². The Bertz CT molecular complexity index is 566. The molecule has 1 fully saturated rings. The molecule has 0 atom stereocenters. The summed E-state index contributed by atoms with van der Waals surface area (Å²) in [6.45, 7) is 0. The van der Waals surface area contributed by atoms with E-state index >= 15 is 0 Å². The summed E-state index contributed by atoms with van der Waals surface area (Å²) in [6, 6.07) is 1.70. The summed E-state index contributed by atoms with van der Waals surface area (Å²) in [6.07, 6.45) is 2.23. The Morgan fingerprint density at radius 3 is 2.19 bits per heavy atom. The third-order valence-electron chi connectivity index (χ3n) is 3.46. The van der Waals surface area contributed by atoms with E-state index in [9.17, 15) is 19.1 Å². The predicted octanol–water partition coefficient (Wildman–Crippen LogP) is 3.65. The van der Waals surface area contributed by atoms with Gasteiger partial charge in [-0.2, -0.15) is 0 Å². The fourth-order valence-corrected chi connectivity index (χ4v) is 2.87. The molecule has 0 unspecified atom stereocenters. The van der Waals surface area contributed by atoms with Gasteiger partial charge in [-0.3, -0.25) is 0 Å². The lowest BCUT2D eigenvalue weighted by molar-refractivity contribution is -0.144. The minimum atomic E-state index is -1.25. The van der Waals surface area contributed by atoms with Crippen molar-refractivity contribution in [3.8, 4) is 0 Å². The molecule has 0 radical (unpaired) electrons. The van der Waals surface area contributed by atoms with Gasteiger partial charge in [-0.1, -0.05) is 36.0 Å². The van der Waals surface area contributed by atoms with E-state index in [1.165, 1.54) is 12.1 Å². The first-order valence-electron chi connectivity index (χ1n) is 6.31. The molecule has 0 aromatic heterocycles. The van der Waals surface area contributed by atoms with Crippen LogP contribution in [-0.2, 0) is 4.79 Å². The van der Waals surface area contributed by atoms with Crippen LogP contribution in [0, 0.1) is 5.82 Å². The molecule has 5 nitrogen and oxygen atoms in total. The number of halogens is 3. The van der Waals surface area contributed by atoms with E-state index in [2.05, 4.69) is 10.6 Å². The Balaban J connectivity index is 2.10. The molecule has 1 aromatic carbocycles. The Kier molecular flexibility index (Phi) is 4.58. The van der Waals surface area contributed by atoms with E-state index in [4.69, 9.17) is 23.2 Å². The summed E-state index contributed by atoms with van der Waals surface area (Å²) >= 11 is 11.3. The second-order valence-electron chi connectivity index (χ2n) is 4.93. The molecule has 1 aliphatic rings. The van der Waals surface area contributed by atoms with Gasteiger partial charge in [0.25, 0.3) is 0 Å². The minimum Gasteiger partial charge on any atom is -0.480 e. The molecule has 0 spiro atoms. The fraction of sp³-hybridized carbons (Fsp3) is 0.385. The monoisotopic (exact) mass is 334 g/mol. The number of aliphatic carboxylic acids is 1. The number of benzene rings is 1. The first-order valence-corrected chi connectivity index (χ1v) is 7.07. The summed E-state index contributed by atoms with van der Waals surface area (Å²) in [5.74, 6) is -1.84. The molecule has 0 bridgehead atoms. The smallest absolute Gasteiger partial charge is 0.329 e. The van der Waals surface area contributed by atoms with E-state index in [0.717, 1.165) is 12.8 Å². The molecule has 0 saturated heterocycles. The summed E-state index contributed by atoms with van der Waals surface area (Å²) in [5.41, 5.74) is -1.07. The van der Waals surface area contributed by atoms with Crippen LogP contribution in [-0.4, -0.2) is 22.6 Å². The van der Waals surface area contributed by atoms with Gasteiger partial charge in [0.05, 0.1) is 10.0 Å². The van der Waals surface area contributed by atoms with Crippen LogP contribution in [0.2, 0.25) is 10.0 Å². The van der Waals surface area contributed by atoms with Crippen molar-refractivity contribution in [1.82, 2.24) is 5.32 Å². The van der Waals surface area contributed by atoms with Gasteiger partial charge in [-0.15, -0.1) is 0 Å². The molecule has 114 valence electrons. The molecular weight excluding hydrogens is 322 g/mol. The number of amides is 2. The summed E-state index contributed by atoms with van der Waals surface area (Å²) < 4.78 is 13.3. The number of rotatable bonds is 3. The first kappa shape index (κ1) is 15.9. The SMILES string of the molecule is O=C(Nc1cc(Cl)c(F)c(Cl)c1)NC1(C(=O)O)CCCC1. The van der Waals surface area contributed by atoms with Gasteiger partial charge < -0.3 is 15.7 Å². The molecule has 2 amide bonds. The van der Waals surface area contributed by atoms with Gasteiger partial charge in [0, 0.05) is 5.69 Å². The molecule has 1 aliphatic carbocycles. The number of hydrogen-bond acceptors (Lipinski definition) is 2. The van der Waals surface area contributed by atoms with E-state index in [1.807, 2.05) is 0 Å². The molecule has 21 heavy (non-hydrogen) atoms. The number of anilines is 1. The summed E-state index contributed by atoms with van der Waals surface area (Å²) in [7, 11) is 0. The fourth-order valence-electron chi connectivity index (χ4n) is 2.38. The van der Waals surface area contributed by atoms with Crippen molar-refractivity contribution in [2.45, 2.75) is 31.2 Å². The lowest BCUT2D eigenvalue weighted by atomic mass is 9.98. The van der Waals surface area contributed by atoms with Crippen molar-refractivity contribution in [3.05, 3.63) is 28.0 Å². The number of carboxylic acids is 1. The van der Waals surface area contributed by atoms with Gasteiger partial charge >= 0.3 is 12.0 Å². The van der Waals surface area contributed by atoms with Crippen LogP contribution >= 0.6 is 23.2 Å². The molecule has 8 heteroatoms. The van der Waals surface area contributed by atoms with Crippen LogP contribution in [0.25, 0.3) is 0 Å². The van der Waals surface area contributed by atoms with Crippen LogP contribution in [0.3, 0.4) is 0 Å². The third kappa shape index (κ3) is 3.39. The topological polar surface area (TPSA) is 78.4 Å². The van der Waals surface area contributed by atoms with Gasteiger partial charge in [0.1, 0.15) is 5.54 Å². The van der Waals surface area contributed by atoms with Crippen LogP contribution in [0.1, 0.15) is 25.7 Å². The first-order chi connectivity index (χ1) is 9.84. The van der Waals surface area contributed by atoms with Crippen LogP contribution in [0.5, 0.6) is 0 Å². The Hall–Kier alpha value is -1.53. The molecule has 1 aromatic rings. The highest BCUT2D eigenvalue weighted by atomic mass is 35.5. The zero-order valence-electron chi connectivity index (χ0n) is 10.9. The quantitative estimate of drug-likeness (QED) is 0.738. The van der Waals surface area contributed by atoms with Crippen molar-refractivity contribution >= 4 is 40.9 Å². The van der Waals surface area contributed by atoms with E-state index < -0.39 is 23.4 Å². The molecule has 3 N–H and O–H groups in total. The number of urea groups is 1. The Labute approximate surface area is 130 Å². The summed E-state index contributed by atoms with van der Waals surface area (Å²) in [4.78, 5) is 23.3. The minimum absolute atomic E-state index is 0.183. The van der Waals surface area contributed by atoms with Crippen LogP contribution in [0.4, 0.5) is 14.9 Å². The number of hydrogen-bond donors (Lipinski definition) is 3. The normalized spacial score (nSPS) is 16.5. The maximum atomic E-state index is 13.3. The van der Waals surface area contributed by atoms with E-state index in [-0.39, 0.29) is 15.7 Å². The second-order valence-corrected chi connectivity index (χ2v) is 5.74. The number of nitrogens with one attached hydrogen (secondary N) is 2. The highest BCUT2D eigenvalue weighted by Gasteiger charge is 2.42. The van der Waals surface area contributed by atoms with Crippen molar-refractivity contribution in [1.29, 1.82) is 0 Å². The van der Waals surface area contributed by atoms with Gasteiger partial charge in [-0.05, 0) is 25.0 Å². The maximum Gasteiger partial charge on any atom is 0.329 e. The predicted molar refractivity (Wildman–Crippen MR) is 77.4 cm³/mol. The third-order valence-corrected chi connectivity index (χ3v) is 4.01. The van der Waals surface area contributed by atoms with Crippen LogP contribution < -0.4 is 10.6 Å². The largest absolute Gasteiger partial charge is 0.480 e. The zero-order chi connectivity index (χ0) is 15.6. The lowest BCUT2D eigenvalue weighted by Gasteiger charge is -2.25. The van der Waals surface area contributed by atoms with Crippen LogP contribution in [0.15, 0.2) is 12.1 Å². The molecular formula is C13H13Cl2FN2O3. The van der Waals surface area contributed by atoms with Crippen molar-refractivity contribution in [2.75, 3.05) is 5.32 Å². The molecule has 2 rings (SSSR count). The zero-order valence-corrected chi connectivity index (χ0v) is 12.4. The Morgan fingerprint density at radius 1 is 1.19 bits per heavy atom. The highest BCUT2D eigenvalue weighted by molar-refractivity contribution is 6.35. The lowest BCUT2D eigenvalue weighted by Crippen LogP contribution is -2.53.